The molecule has 1 saturated carbocycles. The fourth-order valence-corrected chi connectivity index (χ4v) is 4.52. The highest BCUT2D eigenvalue weighted by atomic mass is 19.3. The molecule has 0 bridgehead atoms. The third kappa shape index (κ3) is 9.71. The fraction of sp³-hybridized carbons (Fsp3) is 0.913. The molecule has 0 aromatic rings. The van der Waals surface area contributed by atoms with Gasteiger partial charge in [0.15, 0.2) is 0 Å². The van der Waals surface area contributed by atoms with Crippen molar-refractivity contribution < 1.29 is 33.0 Å². The Morgan fingerprint density at radius 3 is 2.43 bits per heavy atom. The molecule has 0 radical (unpaired) electrons. The highest BCUT2D eigenvalue weighted by Crippen LogP contribution is 2.41. The van der Waals surface area contributed by atoms with Crippen molar-refractivity contribution in [1.29, 1.82) is 0 Å². The third-order valence-corrected chi connectivity index (χ3v) is 6.28. The molecule has 3 unspecified atom stereocenters. The average molecular weight is 435 g/mol. The molecule has 0 saturated heterocycles. The van der Waals surface area contributed by atoms with Gasteiger partial charge in [-0.25, -0.2) is 8.78 Å². The van der Waals surface area contributed by atoms with E-state index in [1.807, 2.05) is 6.92 Å². The van der Waals surface area contributed by atoms with E-state index >= 15 is 0 Å². The minimum Gasteiger partial charge on any atom is -0.469 e. The summed E-state index contributed by atoms with van der Waals surface area (Å²) in [6.07, 6.45) is 6.09. The molecule has 0 spiro atoms. The number of carbonyl (C=O) groups is 2. The number of rotatable bonds is 15. The molecule has 1 fully saturated rings. The van der Waals surface area contributed by atoms with Crippen LogP contribution in [0.3, 0.4) is 0 Å². The second kappa shape index (κ2) is 13.9. The molecule has 0 aromatic carbocycles. The van der Waals surface area contributed by atoms with Gasteiger partial charge in [-0.2, -0.15) is 0 Å². The first-order valence-electron chi connectivity index (χ1n) is 11.5. The maximum Gasteiger partial charge on any atom is 0.305 e. The largest absolute Gasteiger partial charge is 0.469 e. The van der Waals surface area contributed by atoms with E-state index in [1.54, 1.807) is 0 Å². The minimum absolute atomic E-state index is 0.0732. The molecule has 1 N–H and O–H groups in total. The van der Waals surface area contributed by atoms with Crippen molar-refractivity contribution in [3.05, 3.63) is 0 Å². The summed E-state index contributed by atoms with van der Waals surface area (Å²) in [6.45, 7) is 3.26. The van der Waals surface area contributed by atoms with Crippen LogP contribution in [0.1, 0.15) is 97.3 Å². The van der Waals surface area contributed by atoms with Gasteiger partial charge in [-0.05, 0) is 56.8 Å². The maximum atomic E-state index is 14.1. The number of hydrogen-bond acceptors (Lipinski definition) is 5. The summed E-state index contributed by atoms with van der Waals surface area (Å²) in [4.78, 5) is 22.6. The summed E-state index contributed by atoms with van der Waals surface area (Å²) in [5, 5.41) is 10.0. The van der Waals surface area contributed by atoms with Crippen molar-refractivity contribution in [3.63, 3.8) is 0 Å². The highest BCUT2D eigenvalue weighted by Gasteiger charge is 2.41. The van der Waals surface area contributed by atoms with Gasteiger partial charge in [0.25, 0.3) is 5.92 Å². The van der Waals surface area contributed by atoms with Crippen LogP contribution in [-0.2, 0) is 19.1 Å². The smallest absolute Gasteiger partial charge is 0.305 e. The van der Waals surface area contributed by atoms with Crippen LogP contribution < -0.4 is 0 Å². The second-order valence-corrected chi connectivity index (χ2v) is 8.64. The van der Waals surface area contributed by atoms with E-state index < -0.39 is 12.0 Å². The van der Waals surface area contributed by atoms with Gasteiger partial charge in [-0.15, -0.1) is 0 Å². The van der Waals surface area contributed by atoms with E-state index in [0.29, 0.717) is 25.7 Å². The van der Waals surface area contributed by atoms with E-state index in [4.69, 9.17) is 4.74 Å². The Morgan fingerprint density at radius 2 is 1.80 bits per heavy atom. The number of alkyl halides is 2. The molecule has 5 nitrogen and oxygen atoms in total. The summed E-state index contributed by atoms with van der Waals surface area (Å²) in [7, 11) is 1.38. The summed E-state index contributed by atoms with van der Waals surface area (Å²) >= 11 is 0. The van der Waals surface area contributed by atoms with Crippen molar-refractivity contribution in [3.8, 4) is 0 Å². The van der Waals surface area contributed by atoms with Crippen LogP contribution in [0, 0.1) is 11.8 Å². The van der Waals surface area contributed by atoms with Crippen molar-refractivity contribution in [2.45, 2.75) is 115 Å². The van der Waals surface area contributed by atoms with E-state index in [2.05, 4.69) is 4.74 Å². The minimum atomic E-state index is -3.04. The number of aliphatic hydroxyl groups is 1. The van der Waals surface area contributed by atoms with Gasteiger partial charge in [0.2, 0.25) is 0 Å². The third-order valence-electron chi connectivity index (χ3n) is 6.28. The molecule has 0 amide bonds. The molecule has 176 valence electrons. The zero-order valence-electron chi connectivity index (χ0n) is 18.8. The van der Waals surface area contributed by atoms with E-state index in [9.17, 15) is 23.5 Å². The van der Waals surface area contributed by atoms with Crippen molar-refractivity contribution in [2.24, 2.45) is 11.8 Å². The quantitative estimate of drug-likeness (QED) is 0.275. The van der Waals surface area contributed by atoms with Crippen LogP contribution >= 0.6 is 0 Å². The van der Waals surface area contributed by atoms with Crippen LogP contribution in [0.25, 0.3) is 0 Å². The lowest BCUT2D eigenvalue weighted by Gasteiger charge is -2.27. The van der Waals surface area contributed by atoms with Gasteiger partial charge in [-0.3, -0.25) is 9.59 Å². The summed E-state index contributed by atoms with van der Waals surface area (Å²) in [5.41, 5.74) is 0. The van der Waals surface area contributed by atoms with Crippen molar-refractivity contribution in [2.75, 3.05) is 7.11 Å². The molecule has 7 heteroatoms. The summed E-state index contributed by atoms with van der Waals surface area (Å²) in [6, 6.07) is 0. The molecule has 0 aliphatic heterocycles. The van der Waals surface area contributed by atoms with Crippen molar-refractivity contribution in [1.82, 2.24) is 0 Å². The molecule has 4 atom stereocenters. The van der Waals surface area contributed by atoms with Crippen LogP contribution in [0.5, 0.6) is 0 Å². The molecular weight excluding hydrogens is 394 g/mol. The van der Waals surface area contributed by atoms with Gasteiger partial charge in [0.05, 0.1) is 7.11 Å². The lowest BCUT2D eigenvalue weighted by molar-refractivity contribution is -0.148. The highest BCUT2D eigenvalue weighted by molar-refractivity contribution is 5.69. The predicted octanol–water partition coefficient (Wildman–Crippen LogP) is 5.42. The van der Waals surface area contributed by atoms with Crippen LogP contribution in [-0.4, -0.2) is 42.3 Å². The first kappa shape index (κ1) is 26.8. The van der Waals surface area contributed by atoms with Gasteiger partial charge >= 0.3 is 11.9 Å². The number of hydrogen-bond donors (Lipinski definition) is 1. The molecule has 30 heavy (non-hydrogen) atoms. The van der Waals surface area contributed by atoms with Gasteiger partial charge < -0.3 is 14.6 Å². The number of carbonyl (C=O) groups excluding carboxylic acids is 2. The molecule has 1 aliphatic rings. The monoisotopic (exact) mass is 434 g/mol. The van der Waals surface area contributed by atoms with Crippen LogP contribution in [0.2, 0.25) is 0 Å². The van der Waals surface area contributed by atoms with Crippen molar-refractivity contribution >= 4 is 11.9 Å². The second-order valence-electron chi connectivity index (χ2n) is 8.64. The Hall–Kier alpha value is -1.24. The zero-order valence-corrected chi connectivity index (χ0v) is 18.8. The van der Waals surface area contributed by atoms with Gasteiger partial charge in [-0.1, -0.05) is 32.6 Å². The maximum absolute atomic E-state index is 14.1. The topological polar surface area (TPSA) is 72.8 Å². The SMILES string of the molecule is CCCCC(F)(F)C(O)CC[C@H]1CCC(OC(C)=O)C1CCCCCCC(=O)OC. The van der Waals surface area contributed by atoms with Gasteiger partial charge in [0, 0.05) is 19.8 Å². The lowest BCUT2D eigenvalue weighted by atomic mass is 9.85. The fourth-order valence-electron chi connectivity index (χ4n) is 4.52. The van der Waals surface area contributed by atoms with Crippen LogP contribution in [0.4, 0.5) is 8.78 Å². The number of esters is 2. The first-order chi connectivity index (χ1) is 14.2. The Kier molecular flexibility index (Phi) is 12.5. The Labute approximate surface area is 179 Å². The average Bonchev–Trinajstić information content (AvgIpc) is 3.07. The number of ether oxygens (including phenoxy) is 2. The summed E-state index contributed by atoms with van der Waals surface area (Å²) in [5.74, 6) is -3.23. The molecule has 0 heterocycles. The normalized spacial score (nSPS) is 22.7. The molecule has 1 rings (SSSR count). The number of aliphatic hydroxyl groups excluding tert-OH is 1. The predicted molar refractivity (Wildman–Crippen MR) is 111 cm³/mol. The first-order valence-corrected chi connectivity index (χ1v) is 11.5. The van der Waals surface area contributed by atoms with E-state index in [0.717, 1.165) is 44.9 Å². The number of methoxy groups -OCH3 is 1. The van der Waals surface area contributed by atoms with E-state index in [1.165, 1.54) is 14.0 Å². The Morgan fingerprint density at radius 1 is 1.10 bits per heavy atom. The molecule has 0 aromatic heterocycles. The van der Waals surface area contributed by atoms with E-state index in [-0.39, 0.29) is 42.7 Å². The van der Waals surface area contributed by atoms with Gasteiger partial charge in [0.1, 0.15) is 12.2 Å². The molecular formula is C23H40F2O5. The Bertz CT molecular complexity index is 512. The molecule has 1 aliphatic carbocycles. The van der Waals surface area contributed by atoms with Crippen LogP contribution in [0.15, 0.2) is 0 Å². The standard InChI is InChI=1S/C23H40F2O5/c1-4-5-16-23(24,25)21(27)15-13-18-12-14-20(30-17(2)26)19(18)10-8-6-7-9-11-22(28)29-3/h18-21,27H,4-16H2,1-3H3/t18-,19?,20?,21?/m1/s1. The number of unbranched alkanes of at least 4 members (excludes halogenated alkanes) is 4. The zero-order chi connectivity index (χ0) is 22.6. The number of halogens is 2. The summed E-state index contributed by atoms with van der Waals surface area (Å²) < 4.78 is 38.3. The Balaban J connectivity index is 2.50. The lowest BCUT2D eigenvalue weighted by Crippen LogP contribution is -2.34.